The second-order valence-electron chi connectivity index (χ2n) is 5.03. The molecule has 0 atom stereocenters. The van der Waals surface area contributed by atoms with Gasteiger partial charge in [-0.3, -0.25) is 0 Å². The van der Waals surface area contributed by atoms with E-state index in [1.807, 2.05) is 11.0 Å². The second-order valence-corrected chi connectivity index (χ2v) is 5.03. The van der Waals surface area contributed by atoms with Crippen LogP contribution in [0, 0.1) is 0 Å². The minimum Gasteiger partial charge on any atom is -0.368 e. The monoisotopic (exact) mass is 245 g/mol. The van der Waals surface area contributed by atoms with Crippen molar-refractivity contribution in [3.05, 3.63) is 30.3 Å². The van der Waals surface area contributed by atoms with E-state index in [9.17, 15) is 4.79 Å². The van der Waals surface area contributed by atoms with E-state index in [1.165, 1.54) is 5.69 Å². The molecule has 1 heterocycles. The molecule has 2 amide bonds. The van der Waals surface area contributed by atoms with Crippen LogP contribution in [-0.2, 0) is 0 Å². The van der Waals surface area contributed by atoms with Crippen molar-refractivity contribution in [1.82, 2.24) is 10.2 Å². The Hall–Kier alpha value is -1.71. The Morgan fingerprint density at radius 2 is 1.72 bits per heavy atom. The van der Waals surface area contributed by atoms with Crippen molar-refractivity contribution in [3.63, 3.8) is 0 Å². The number of anilines is 1. The van der Waals surface area contributed by atoms with Crippen LogP contribution in [0.25, 0.3) is 0 Å². The summed E-state index contributed by atoms with van der Waals surface area (Å²) < 4.78 is 0. The number of urea groups is 1. The fraction of sp³-hybridized carbons (Fsp3) is 0.500. The van der Waals surface area contributed by atoms with Crippen molar-refractivity contribution in [2.24, 2.45) is 0 Å². The normalized spacial score (nSPS) is 19.8. The zero-order valence-corrected chi connectivity index (χ0v) is 10.5. The standard InChI is InChI=1S/C14H19N3O/c18-14(15-12-6-7-12)17-10-8-16(9-11-17)13-4-2-1-3-5-13/h1-5,12H,6-11H2,(H,15,18). The summed E-state index contributed by atoms with van der Waals surface area (Å²) in [6.07, 6.45) is 2.30. The van der Waals surface area contributed by atoms with E-state index in [0.29, 0.717) is 6.04 Å². The number of hydrogen-bond donors (Lipinski definition) is 1. The lowest BCUT2D eigenvalue weighted by Crippen LogP contribution is -2.52. The predicted molar refractivity (Wildman–Crippen MR) is 71.8 cm³/mol. The highest BCUT2D eigenvalue weighted by Gasteiger charge is 2.27. The second kappa shape index (κ2) is 4.88. The summed E-state index contributed by atoms with van der Waals surface area (Å²) in [4.78, 5) is 16.2. The molecule has 3 rings (SSSR count). The molecule has 0 aromatic heterocycles. The van der Waals surface area contributed by atoms with Gasteiger partial charge in [-0.1, -0.05) is 18.2 Å². The van der Waals surface area contributed by atoms with Gasteiger partial charge in [0.05, 0.1) is 0 Å². The van der Waals surface area contributed by atoms with Crippen LogP contribution in [0.15, 0.2) is 30.3 Å². The van der Waals surface area contributed by atoms with Crippen LogP contribution < -0.4 is 10.2 Å². The van der Waals surface area contributed by atoms with Crippen LogP contribution in [0.3, 0.4) is 0 Å². The van der Waals surface area contributed by atoms with Crippen LogP contribution >= 0.6 is 0 Å². The lowest BCUT2D eigenvalue weighted by molar-refractivity contribution is 0.194. The first-order valence-corrected chi connectivity index (χ1v) is 6.68. The van der Waals surface area contributed by atoms with Gasteiger partial charge in [-0.05, 0) is 25.0 Å². The SMILES string of the molecule is O=C(NC1CC1)N1CCN(c2ccccc2)CC1. The first-order valence-electron chi connectivity index (χ1n) is 6.68. The molecule has 0 unspecified atom stereocenters. The first kappa shape index (κ1) is 11.4. The topological polar surface area (TPSA) is 35.6 Å². The third kappa shape index (κ3) is 2.58. The Morgan fingerprint density at radius 3 is 2.33 bits per heavy atom. The van der Waals surface area contributed by atoms with E-state index in [-0.39, 0.29) is 6.03 Å². The summed E-state index contributed by atoms with van der Waals surface area (Å²) in [6.45, 7) is 3.46. The lowest BCUT2D eigenvalue weighted by Gasteiger charge is -2.36. The van der Waals surface area contributed by atoms with Crippen molar-refractivity contribution in [3.8, 4) is 0 Å². The molecule has 0 bridgehead atoms. The largest absolute Gasteiger partial charge is 0.368 e. The third-order valence-electron chi connectivity index (χ3n) is 3.59. The molecule has 1 aliphatic carbocycles. The van der Waals surface area contributed by atoms with Crippen LogP contribution in [0.4, 0.5) is 10.5 Å². The van der Waals surface area contributed by atoms with E-state index in [4.69, 9.17) is 0 Å². The minimum atomic E-state index is 0.116. The van der Waals surface area contributed by atoms with Gasteiger partial charge >= 0.3 is 6.03 Å². The Labute approximate surface area is 108 Å². The van der Waals surface area contributed by atoms with Gasteiger partial charge in [0.1, 0.15) is 0 Å². The molecule has 4 nitrogen and oxygen atoms in total. The van der Waals surface area contributed by atoms with Gasteiger partial charge in [-0.2, -0.15) is 0 Å². The van der Waals surface area contributed by atoms with Crippen molar-refractivity contribution in [1.29, 1.82) is 0 Å². The van der Waals surface area contributed by atoms with Gasteiger partial charge in [-0.25, -0.2) is 4.79 Å². The highest BCUT2D eigenvalue weighted by Crippen LogP contribution is 2.20. The number of para-hydroxylation sites is 1. The number of amides is 2. The van der Waals surface area contributed by atoms with Crippen molar-refractivity contribution in [2.45, 2.75) is 18.9 Å². The van der Waals surface area contributed by atoms with Gasteiger partial charge in [0.15, 0.2) is 0 Å². The molecule has 1 aliphatic heterocycles. The maximum atomic E-state index is 11.9. The third-order valence-corrected chi connectivity index (χ3v) is 3.59. The zero-order valence-electron chi connectivity index (χ0n) is 10.5. The first-order chi connectivity index (χ1) is 8.83. The molecule has 0 radical (unpaired) electrons. The molecule has 1 N–H and O–H groups in total. The average molecular weight is 245 g/mol. The average Bonchev–Trinajstić information content (AvgIpc) is 3.24. The molecule has 4 heteroatoms. The zero-order chi connectivity index (χ0) is 12.4. The van der Waals surface area contributed by atoms with Crippen LogP contribution in [0.5, 0.6) is 0 Å². The summed E-state index contributed by atoms with van der Waals surface area (Å²) in [7, 11) is 0. The Balaban J connectivity index is 1.53. The van der Waals surface area contributed by atoms with Gasteiger partial charge in [-0.15, -0.1) is 0 Å². The summed E-state index contributed by atoms with van der Waals surface area (Å²) in [5.74, 6) is 0. The highest BCUT2D eigenvalue weighted by molar-refractivity contribution is 5.75. The Kier molecular flexibility index (Phi) is 3.09. The lowest BCUT2D eigenvalue weighted by atomic mass is 10.2. The summed E-state index contributed by atoms with van der Waals surface area (Å²) in [5.41, 5.74) is 1.25. The summed E-state index contributed by atoms with van der Waals surface area (Å²) >= 11 is 0. The molecular formula is C14H19N3O. The molecule has 1 saturated carbocycles. The minimum absolute atomic E-state index is 0.116. The molecule has 0 spiro atoms. The van der Waals surface area contributed by atoms with Crippen LogP contribution in [0.1, 0.15) is 12.8 Å². The number of piperazine rings is 1. The van der Waals surface area contributed by atoms with Crippen LogP contribution in [0.2, 0.25) is 0 Å². The van der Waals surface area contributed by atoms with Crippen molar-refractivity contribution >= 4 is 11.7 Å². The molecule has 1 aromatic rings. The molecule has 2 fully saturated rings. The quantitative estimate of drug-likeness (QED) is 0.860. The molecule has 1 aromatic carbocycles. The van der Waals surface area contributed by atoms with Crippen LogP contribution in [-0.4, -0.2) is 43.2 Å². The number of hydrogen-bond acceptors (Lipinski definition) is 2. The maximum Gasteiger partial charge on any atom is 0.317 e. The summed E-state index contributed by atoms with van der Waals surface area (Å²) in [5, 5.41) is 3.05. The van der Waals surface area contributed by atoms with E-state index in [1.54, 1.807) is 0 Å². The van der Waals surface area contributed by atoms with Gasteiger partial charge in [0.25, 0.3) is 0 Å². The Bertz CT molecular complexity index is 408. The molecule has 1 saturated heterocycles. The number of benzene rings is 1. The number of nitrogens with one attached hydrogen (secondary N) is 1. The molecule has 96 valence electrons. The van der Waals surface area contributed by atoms with E-state index in [0.717, 1.165) is 39.0 Å². The molecule has 18 heavy (non-hydrogen) atoms. The number of carbonyl (C=O) groups excluding carboxylic acids is 1. The van der Waals surface area contributed by atoms with E-state index < -0.39 is 0 Å². The van der Waals surface area contributed by atoms with Gasteiger partial charge in [0, 0.05) is 37.9 Å². The van der Waals surface area contributed by atoms with Gasteiger partial charge in [0.2, 0.25) is 0 Å². The molecular weight excluding hydrogens is 226 g/mol. The van der Waals surface area contributed by atoms with E-state index in [2.05, 4.69) is 34.5 Å². The van der Waals surface area contributed by atoms with Crippen molar-refractivity contribution in [2.75, 3.05) is 31.1 Å². The molecule has 2 aliphatic rings. The number of rotatable bonds is 2. The fourth-order valence-electron chi connectivity index (χ4n) is 2.30. The van der Waals surface area contributed by atoms with Gasteiger partial charge < -0.3 is 15.1 Å². The smallest absolute Gasteiger partial charge is 0.317 e. The fourth-order valence-corrected chi connectivity index (χ4v) is 2.30. The number of carbonyl (C=O) groups is 1. The summed E-state index contributed by atoms with van der Waals surface area (Å²) in [6, 6.07) is 11.0. The predicted octanol–water partition coefficient (Wildman–Crippen LogP) is 1.68. The maximum absolute atomic E-state index is 11.9. The van der Waals surface area contributed by atoms with E-state index >= 15 is 0 Å². The number of nitrogens with zero attached hydrogens (tertiary/aromatic N) is 2. The highest BCUT2D eigenvalue weighted by atomic mass is 16.2. The van der Waals surface area contributed by atoms with Crippen molar-refractivity contribution < 1.29 is 4.79 Å². The Morgan fingerprint density at radius 1 is 1.06 bits per heavy atom.